The SMILES string of the molecule is CCCCCc1ccc(C2CCC(C=CCCC3CCC(c4ccc(OCCCC)c(F)c4F)CC3)CC2)cc1. The average molecular weight is 551 g/mol. The number of halogens is 2. The van der Waals surface area contributed by atoms with Gasteiger partial charge in [0, 0.05) is 0 Å². The summed E-state index contributed by atoms with van der Waals surface area (Å²) in [4.78, 5) is 0. The van der Waals surface area contributed by atoms with Crippen molar-refractivity contribution >= 4 is 0 Å². The molecule has 4 rings (SSSR count). The number of hydrogen-bond acceptors (Lipinski definition) is 1. The minimum atomic E-state index is -0.814. The summed E-state index contributed by atoms with van der Waals surface area (Å²) in [6, 6.07) is 12.9. The molecule has 0 saturated heterocycles. The largest absolute Gasteiger partial charge is 0.490 e. The fourth-order valence-corrected chi connectivity index (χ4v) is 6.86. The Kier molecular flexibility index (Phi) is 12.6. The van der Waals surface area contributed by atoms with Crippen molar-refractivity contribution in [3.05, 3.63) is 76.9 Å². The predicted molar refractivity (Wildman–Crippen MR) is 164 cm³/mol. The van der Waals surface area contributed by atoms with Gasteiger partial charge in [-0.15, -0.1) is 0 Å². The van der Waals surface area contributed by atoms with Gasteiger partial charge in [-0.05, 0) is 130 Å². The van der Waals surface area contributed by atoms with Crippen LogP contribution in [0.25, 0.3) is 0 Å². The quantitative estimate of drug-likeness (QED) is 0.168. The molecule has 3 heteroatoms. The molecule has 0 radical (unpaired) electrons. The molecular weight excluding hydrogens is 498 g/mol. The van der Waals surface area contributed by atoms with Crippen LogP contribution in [0, 0.1) is 23.5 Å². The molecule has 0 aromatic heterocycles. The van der Waals surface area contributed by atoms with Crippen LogP contribution in [0.15, 0.2) is 48.6 Å². The second-order valence-corrected chi connectivity index (χ2v) is 12.5. The summed E-state index contributed by atoms with van der Waals surface area (Å²) in [5.41, 5.74) is 3.57. The van der Waals surface area contributed by atoms with E-state index in [1.165, 1.54) is 68.9 Å². The number of benzene rings is 2. The standard InChI is InChI=1S/C37H52F2O/c1-3-5-7-10-28-13-19-31(20-14-28)32-21-15-29(16-22-32)11-8-9-12-30-17-23-33(24-18-30)34-25-26-35(37(39)36(34)38)40-27-6-4-2/h8,11,13-14,19-20,25-26,29-30,32-33H,3-7,9-10,12,15-18,21-24,27H2,1-2H3. The van der Waals surface area contributed by atoms with Gasteiger partial charge < -0.3 is 4.74 Å². The minimum Gasteiger partial charge on any atom is -0.490 e. The molecule has 0 bridgehead atoms. The fourth-order valence-electron chi connectivity index (χ4n) is 6.86. The predicted octanol–water partition coefficient (Wildman–Crippen LogP) is 11.5. The Morgan fingerprint density at radius 2 is 1.45 bits per heavy atom. The van der Waals surface area contributed by atoms with Crippen molar-refractivity contribution in [2.24, 2.45) is 11.8 Å². The summed E-state index contributed by atoms with van der Waals surface area (Å²) in [6.07, 6.45) is 23.5. The highest BCUT2D eigenvalue weighted by Crippen LogP contribution is 2.40. The van der Waals surface area contributed by atoms with Gasteiger partial charge in [0.05, 0.1) is 6.61 Å². The molecule has 0 aliphatic heterocycles. The summed E-state index contributed by atoms with van der Waals surface area (Å²) in [5.74, 6) is 0.819. The third-order valence-corrected chi connectivity index (χ3v) is 9.56. The van der Waals surface area contributed by atoms with Crippen LogP contribution < -0.4 is 4.74 Å². The zero-order chi connectivity index (χ0) is 28.2. The number of hydrogen-bond donors (Lipinski definition) is 0. The Morgan fingerprint density at radius 1 is 0.750 bits per heavy atom. The Labute approximate surface area is 242 Å². The van der Waals surface area contributed by atoms with Crippen LogP contribution in [0.3, 0.4) is 0 Å². The van der Waals surface area contributed by atoms with E-state index in [0.29, 0.717) is 18.1 Å². The van der Waals surface area contributed by atoms with E-state index in [1.807, 2.05) is 0 Å². The van der Waals surface area contributed by atoms with Crippen molar-refractivity contribution in [2.45, 2.75) is 128 Å². The summed E-state index contributed by atoms with van der Waals surface area (Å²) in [6.45, 7) is 4.75. The van der Waals surface area contributed by atoms with Crippen molar-refractivity contribution in [3.63, 3.8) is 0 Å². The zero-order valence-electron chi connectivity index (χ0n) is 25.1. The number of ether oxygens (including phenoxy) is 1. The molecule has 0 unspecified atom stereocenters. The number of aryl methyl sites for hydroxylation is 1. The van der Waals surface area contributed by atoms with Gasteiger partial charge in [0.2, 0.25) is 5.82 Å². The van der Waals surface area contributed by atoms with Crippen molar-refractivity contribution in [3.8, 4) is 5.75 Å². The monoisotopic (exact) mass is 550 g/mol. The van der Waals surface area contributed by atoms with E-state index in [2.05, 4.69) is 50.3 Å². The van der Waals surface area contributed by atoms with E-state index < -0.39 is 11.6 Å². The highest BCUT2D eigenvalue weighted by molar-refractivity contribution is 5.33. The van der Waals surface area contributed by atoms with Crippen molar-refractivity contribution in [1.82, 2.24) is 0 Å². The van der Waals surface area contributed by atoms with E-state index in [1.54, 1.807) is 12.1 Å². The molecule has 0 N–H and O–H groups in total. The lowest BCUT2D eigenvalue weighted by molar-refractivity contribution is 0.283. The maximum Gasteiger partial charge on any atom is 0.200 e. The second-order valence-electron chi connectivity index (χ2n) is 12.5. The molecule has 2 aromatic carbocycles. The lowest BCUT2D eigenvalue weighted by atomic mass is 9.76. The Bertz CT molecular complexity index is 1030. The molecule has 2 aliphatic carbocycles. The molecule has 220 valence electrons. The van der Waals surface area contributed by atoms with Crippen LogP contribution >= 0.6 is 0 Å². The first-order chi connectivity index (χ1) is 19.6. The van der Waals surface area contributed by atoms with Gasteiger partial charge >= 0.3 is 0 Å². The Hall–Kier alpha value is -2.16. The molecule has 1 nitrogen and oxygen atoms in total. The minimum absolute atomic E-state index is 0.0514. The van der Waals surface area contributed by atoms with E-state index in [0.717, 1.165) is 56.8 Å². The first kappa shape index (κ1) is 30.8. The molecule has 2 saturated carbocycles. The van der Waals surface area contributed by atoms with Crippen LogP contribution in [0.1, 0.15) is 139 Å². The van der Waals surface area contributed by atoms with Crippen LogP contribution in [0.4, 0.5) is 8.78 Å². The average Bonchev–Trinajstić information content (AvgIpc) is 2.99. The van der Waals surface area contributed by atoms with Gasteiger partial charge in [-0.1, -0.05) is 75.6 Å². The summed E-state index contributed by atoms with van der Waals surface area (Å²) in [5, 5.41) is 0. The molecule has 0 heterocycles. The van der Waals surface area contributed by atoms with Crippen molar-refractivity contribution in [2.75, 3.05) is 6.61 Å². The third kappa shape index (κ3) is 8.92. The molecule has 0 spiro atoms. The molecule has 0 amide bonds. The van der Waals surface area contributed by atoms with E-state index in [9.17, 15) is 8.78 Å². The lowest BCUT2D eigenvalue weighted by Crippen LogP contribution is -2.15. The van der Waals surface area contributed by atoms with Gasteiger partial charge in [-0.25, -0.2) is 4.39 Å². The molecule has 2 aliphatic rings. The van der Waals surface area contributed by atoms with Crippen LogP contribution in [-0.4, -0.2) is 6.61 Å². The van der Waals surface area contributed by atoms with Gasteiger partial charge in [0.25, 0.3) is 0 Å². The number of rotatable bonds is 14. The highest BCUT2D eigenvalue weighted by Gasteiger charge is 2.26. The number of unbranched alkanes of at least 4 members (excludes halogenated alkanes) is 3. The van der Waals surface area contributed by atoms with Crippen molar-refractivity contribution < 1.29 is 13.5 Å². The van der Waals surface area contributed by atoms with Crippen LogP contribution in [0.5, 0.6) is 5.75 Å². The van der Waals surface area contributed by atoms with Gasteiger partial charge in [0.1, 0.15) is 0 Å². The number of allylic oxidation sites excluding steroid dienone is 2. The molecule has 40 heavy (non-hydrogen) atoms. The first-order valence-corrected chi connectivity index (χ1v) is 16.4. The van der Waals surface area contributed by atoms with E-state index in [4.69, 9.17) is 4.74 Å². The van der Waals surface area contributed by atoms with E-state index >= 15 is 0 Å². The normalized spacial score (nSPS) is 23.5. The fraction of sp³-hybridized carbons (Fsp3) is 0.622. The zero-order valence-corrected chi connectivity index (χ0v) is 25.1. The molecule has 0 atom stereocenters. The lowest BCUT2D eigenvalue weighted by Gasteiger charge is -2.29. The molecule has 2 aromatic rings. The smallest absolute Gasteiger partial charge is 0.200 e. The van der Waals surface area contributed by atoms with E-state index in [-0.39, 0.29) is 11.7 Å². The highest BCUT2D eigenvalue weighted by atomic mass is 19.2. The maximum absolute atomic E-state index is 14.8. The first-order valence-electron chi connectivity index (χ1n) is 16.4. The van der Waals surface area contributed by atoms with Crippen molar-refractivity contribution in [1.29, 1.82) is 0 Å². The third-order valence-electron chi connectivity index (χ3n) is 9.56. The van der Waals surface area contributed by atoms with Gasteiger partial charge in [0.15, 0.2) is 11.6 Å². The van der Waals surface area contributed by atoms with Gasteiger partial charge in [-0.2, -0.15) is 4.39 Å². The van der Waals surface area contributed by atoms with Crippen LogP contribution in [-0.2, 0) is 6.42 Å². The Morgan fingerprint density at radius 3 is 2.15 bits per heavy atom. The molecular formula is C37H52F2O. The summed E-state index contributed by atoms with van der Waals surface area (Å²) < 4.78 is 34.8. The van der Waals surface area contributed by atoms with Gasteiger partial charge in [-0.3, -0.25) is 0 Å². The molecule has 2 fully saturated rings. The Balaban J connectivity index is 1.13. The summed E-state index contributed by atoms with van der Waals surface area (Å²) in [7, 11) is 0. The van der Waals surface area contributed by atoms with Crippen LogP contribution in [0.2, 0.25) is 0 Å². The summed E-state index contributed by atoms with van der Waals surface area (Å²) >= 11 is 0. The maximum atomic E-state index is 14.8. The topological polar surface area (TPSA) is 9.23 Å². The second kappa shape index (κ2) is 16.3.